The van der Waals surface area contributed by atoms with Gasteiger partial charge in [-0.1, -0.05) is 12.2 Å². The number of nitrogens with one attached hydrogen (secondary N) is 1. The van der Waals surface area contributed by atoms with Crippen molar-refractivity contribution in [1.29, 1.82) is 0 Å². The molecular formula is C29H32N2O7. The van der Waals surface area contributed by atoms with Gasteiger partial charge >= 0.3 is 0 Å². The quantitative estimate of drug-likeness (QED) is 0.142. The van der Waals surface area contributed by atoms with Gasteiger partial charge in [-0.05, 0) is 48.0 Å². The van der Waals surface area contributed by atoms with Crippen molar-refractivity contribution in [1.82, 2.24) is 0 Å². The number of nitrogen functional groups attached to an aromatic ring is 1. The van der Waals surface area contributed by atoms with Crippen LogP contribution in [-0.4, -0.2) is 48.4 Å². The van der Waals surface area contributed by atoms with E-state index in [2.05, 4.69) is 5.32 Å². The van der Waals surface area contributed by atoms with E-state index in [0.29, 0.717) is 51.4 Å². The summed E-state index contributed by atoms with van der Waals surface area (Å²) in [7, 11) is 9.31. The highest BCUT2D eigenvalue weighted by atomic mass is 16.5. The molecule has 3 N–H and O–H groups in total. The number of hydrogen-bond acceptors (Lipinski definition) is 9. The molecule has 0 fully saturated rings. The lowest BCUT2D eigenvalue weighted by molar-refractivity contribution is 0.104. The minimum Gasteiger partial charge on any atom is -0.495 e. The summed E-state index contributed by atoms with van der Waals surface area (Å²) in [4.78, 5) is 12.7. The second-order valence-corrected chi connectivity index (χ2v) is 7.86. The molecule has 0 aliphatic rings. The fraction of sp³-hybridized carbons (Fsp3) is 0.207. The Balaban J connectivity index is 1.94. The SMILES string of the molecule is COc1ccc(C(=O)/C=C\Nc2c(/C=C\c3cc(OC)c(OC)c(OC)c3)ccc(OC)c2OC)cc1N. The first-order valence-corrected chi connectivity index (χ1v) is 11.5. The fourth-order valence-corrected chi connectivity index (χ4v) is 3.80. The first-order chi connectivity index (χ1) is 18.4. The maximum atomic E-state index is 12.7. The minimum atomic E-state index is -0.233. The Bertz CT molecular complexity index is 1320. The van der Waals surface area contributed by atoms with Crippen molar-refractivity contribution in [3.8, 4) is 34.5 Å². The summed E-state index contributed by atoms with van der Waals surface area (Å²) in [5.74, 6) is 2.87. The van der Waals surface area contributed by atoms with Crippen LogP contribution in [0.1, 0.15) is 21.5 Å². The smallest absolute Gasteiger partial charge is 0.203 e. The van der Waals surface area contributed by atoms with Crippen LogP contribution in [0.3, 0.4) is 0 Å². The van der Waals surface area contributed by atoms with Crippen LogP contribution in [0.2, 0.25) is 0 Å². The fourth-order valence-electron chi connectivity index (χ4n) is 3.80. The number of methoxy groups -OCH3 is 6. The molecule has 0 aliphatic heterocycles. The van der Waals surface area contributed by atoms with Gasteiger partial charge in [-0.3, -0.25) is 4.79 Å². The lowest BCUT2D eigenvalue weighted by Gasteiger charge is -2.15. The number of carbonyl (C=O) groups is 1. The summed E-state index contributed by atoms with van der Waals surface area (Å²) in [6.07, 6.45) is 6.74. The van der Waals surface area contributed by atoms with E-state index in [1.165, 1.54) is 19.4 Å². The first-order valence-electron chi connectivity index (χ1n) is 11.5. The Labute approximate surface area is 222 Å². The standard InChI is InChI=1S/C29H32N2O7/c1-33-23-11-10-20(17-21(23)30)22(32)13-14-31-27-19(9-12-24(34-2)29(27)38-6)8-7-18-15-25(35-3)28(37-5)26(16-18)36-4/h7-17,31H,30H2,1-6H3/b8-7-,14-13-. The molecule has 0 unspecified atom stereocenters. The van der Waals surface area contributed by atoms with Crippen LogP contribution in [0.5, 0.6) is 34.5 Å². The van der Waals surface area contributed by atoms with Gasteiger partial charge in [-0.25, -0.2) is 0 Å². The maximum Gasteiger partial charge on any atom is 0.203 e. The van der Waals surface area contributed by atoms with Crippen molar-refractivity contribution in [3.05, 3.63) is 71.4 Å². The number of ether oxygens (including phenoxy) is 6. The number of allylic oxidation sites excluding steroid dienone is 1. The molecule has 200 valence electrons. The second kappa shape index (κ2) is 13.0. The van der Waals surface area contributed by atoms with Gasteiger partial charge in [0, 0.05) is 23.4 Å². The van der Waals surface area contributed by atoms with E-state index < -0.39 is 0 Å². The van der Waals surface area contributed by atoms with E-state index in [0.717, 1.165) is 11.1 Å². The number of benzene rings is 3. The molecular weight excluding hydrogens is 488 g/mol. The molecule has 0 amide bonds. The number of nitrogens with two attached hydrogens (primary N) is 1. The molecule has 0 atom stereocenters. The number of hydrogen-bond donors (Lipinski definition) is 2. The molecule has 9 heteroatoms. The van der Waals surface area contributed by atoms with Crippen LogP contribution in [0, 0.1) is 0 Å². The Morgan fingerprint density at radius 2 is 1.32 bits per heavy atom. The lowest BCUT2D eigenvalue weighted by Crippen LogP contribution is -2.01. The van der Waals surface area contributed by atoms with Crippen molar-refractivity contribution >= 4 is 29.3 Å². The summed E-state index contributed by atoms with van der Waals surface area (Å²) in [5.41, 5.74) is 8.96. The monoisotopic (exact) mass is 520 g/mol. The zero-order chi connectivity index (χ0) is 27.7. The zero-order valence-corrected chi connectivity index (χ0v) is 22.3. The highest BCUT2D eigenvalue weighted by Crippen LogP contribution is 2.41. The third-order valence-electron chi connectivity index (χ3n) is 5.70. The highest BCUT2D eigenvalue weighted by molar-refractivity contribution is 6.05. The Morgan fingerprint density at radius 1 is 0.711 bits per heavy atom. The van der Waals surface area contributed by atoms with Crippen molar-refractivity contribution in [3.63, 3.8) is 0 Å². The molecule has 0 spiro atoms. The third-order valence-corrected chi connectivity index (χ3v) is 5.70. The van der Waals surface area contributed by atoms with E-state index >= 15 is 0 Å². The average molecular weight is 521 g/mol. The van der Waals surface area contributed by atoms with Crippen LogP contribution in [0.25, 0.3) is 12.2 Å². The van der Waals surface area contributed by atoms with E-state index in [-0.39, 0.29) is 5.78 Å². The summed E-state index contributed by atoms with van der Waals surface area (Å²) < 4.78 is 32.5. The first kappa shape index (κ1) is 27.8. The molecule has 0 aliphatic carbocycles. The highest BCUT2D eigenvalue weighted by Gasteiger charge is 2.15. The predicted octanol–water partition coefficient (Wildman–Crippen LogP) is 5.30. The largest absolute Gasteiger partial charge is 0.495 e. The molecule has 0 aromatic heterocycles. The third kappa shape index (κ3) is 6.12. The molecule has 0 heterocycles. The van der Waals surface area contributed by atoms with E-state index in [4.69, 9.17) is 34.2 Å². The number of carbonyl (C=O) groups excluding carboxylic acids is 1. The lowest BCUT2D eigenvalue weighted by atomic mass is 10.1. The Morgan fingerprint density at radius 3 is 1.87 bits per heavy atom. The molecule has 38 heavy (non-hydrogen) atoms. The van der Waals surface area contributed by atoms with Gasteiger partial charge < -0.3 is 39.5 Å². The van der Waals surface area contributed by atoms with Crippen LogP contribution < -0.4 is 39.5 Å². The second-order valence-electron chi connectivity index (χ2n) is 7.86. The van der Waals surface area contributed by atoms with Crippen LogP contribution in [0.4, 0.5) is 11.4 Å². The number of ketones is 1. The molecule has 3 rings (SSSR count). The van der Waals surface area contributed by atoms with E-state index in [1.807, 2.05) is 30.4 Å². The maximum absolute atomic E-state index is 12.7. The summed E-state index contributed by atoms with van der Waals surface area (Å²) >= 11 is 0. The van der Waals surface area contributed by atoms with Gasteiger partial charge in [-0.15, -0.1) is 0 Å². The summed E-state index contributed by atoms with van der Waals surface area (Å²) in [6.45, 7) is 0. The molecule has 3 aromatic carbocycles. The van der Waals surface area contributed by atoms with Gasteiger partial charge in [0.15, 0.2) is 28.8 Å². The van der Waals surface area contributed by atoms with Gasteiger partial charge in [-0.2, -0.15) is 0 Å². The van der Waals surface area contributed by atoms with Gasteiger partial charge in [0.05, 0.1) is 54.0 Å². The van der Waals surface area contributed by atoms with Crippen LogP contribution >= 0.6 is 0 Å². The Kier molecular flexibility index (Phi) is 9.48. The predicted molar refractivity (Wildman–Crippen MR) is 149 cm³/mol. The van der Waals surface area contributed by atoms with Crippen molar-refractivity contribution in [2.75, 3.05) is 53.7 Å². The van der Waals surface area contributed by atoms with Gasteiger partial charge in [0.2, 0.25) is 5.75 Å². The van der Waals surface area contributed by atoms with E-state index in [9.17, 15) is 4.79 Å². The molecule has 3 aromatic rings. The van der Waals surface area contributed by atoms with Crippen LogP contribution in [0.15, 0.2) is 54.7 Å². The zero-order valence-electron chi connectivity index (χ0n) is 22.3. The topological polar surface area (TPSA) is 111 Å². The summed E-state index contributed by atoms with van der Waals surface area (Å²) in [6, 6.07) is 12.2. The van der Waals surface area contributed by atoms with Crippen molar-refractivity contribution < 1.29 is 33.2 Å². The summed E-state index contributed by atoms with van der Waals surface area (Å²) in [5, 5.41) is 3.16. The molecule has 0 saturated heterocycles. The molecule has 9 nitrogen and oxygen atoms in total. The van der Waals surface area contributed by atoms with Gasteiger partial charge in [0.25, 0.3) is 0 Å². The minimum absolute atomic E-state index is 0.233. The average Bonchev–Trinajstić information content (AvgIpc) is 2.95. The number of anilines is 2. The van der Waals surface area contributed by atoms with Crippen molar-refractivity contribution in [2.24, 2.45) is 0 Å². The van der Waals surface area contributed by atoms with E-state index in [1.54, 1.807) is 59.8 Å². The Hall–Kier alpha value is -4.79. The van der Waals surface area contributed by atoms with Crippen LogP contribution in [-0.2, 0) is 0 Å². The number of rotatable bonds is 12. The van der Waals surface area contributed by atoms with Gasteiger partial charge in [0.1, 0.15) is 5.75 Å². The van der Waals surface area contributed by atoms with Crippen molar-refractivity contribution in [2.45, 2.75) is 0 Å². The molecule has 0 saturated carbocycles. The molecule has 0 radical (unpaired) electrons. The normalized spacial score (nSPS) is 10.9. The molecule has 0 bridgehead atoms.